The second-order valence-corrected chi connectivity index (χ2v) is 8.77. The van der Waals surface area contributed by atoms with Crippen LogP contribution in [0.15, 0.2) is 0 Å². The number of hydrogen-bond donors (Lipinski definition) is 0. The van der Waals surface area contributed by atoms with Crippen LogP contribution in [0.25, 0.3) is 0 Å². The second-order valence-electron chi connectivity index (χ2n) is 5.23. The summed E-state index contributed by atoms with van der Waals surface area (Å²) < 4.78 is 26.6. The molecule has 0 aliphatic heterocycles. The van der Waals surface area contributed by atoms with Crippen LogP contribution >= 0.6 is 11.5 Å². The Kier molecular flexibility index (Phi) is 3.67. The minimum Gasteiger partial charge on any atom is -0.228 e. The summed E-state index contributed by atoms with van der Waals surface area (Å²) in [6, 6.07) is 0. The van der Waals surface area contributed by atoms with Crippen LogP contribution in [0.4, 0.5) is 0 Å². The molecule has 0 fully saturated rings. The minimum atomic E-state index is -3.31. The van der Waals surface area contributed by atoms with Crippen molar-refractivity contribution in [3.05, 3.63) is 22.0 Å². The summed E-state index contributed by atoms with van der Waals surface area (Å²) in [5.41, 5.74) is 1.99. The Morgan fingerprint density at radius 3 is 2.45 bits per heavy atom. The lowest BCUT2D eigenvalue weighted by molar-refractivity contribution is 0.540. The van der Waals surface area contributed by atoms with E-state index in [-0.39, 0.29) is 5.82 Å². The van der Waals surface area contributed by atoms with Gasteiger partial charge in [0.05, 0.1) is 12.2 Å². The maximum absolute atomic E-state index is 11.8. The maximum Gasteiger partial charge on any atom is 0.195 e. The Morgan fingerprint density at radius 1 is 1.30 bits per heavy atom. The van der Waals surface area contributed by atoms with Gasteiger partial charge < -0.3 is 0 Å². The van der Waals surface area contributed by atoms with E-state index in [4.69, 9.17) is 0 Å². The molecular formula is C11H17N5O2S2. The van der Waals surface area contributed by atoms with E-state index in [1.165, 1.54) is 22.6 Å². The number of hydrogen-bond acceptors (Lipinski definition) is 7. The monoisotopic (exact) mass is 315 g/mol. The number of rotatable bonds is 4. The fourth-order valence-corrected chi connectivity index (χ4v) is 2.71. The van der Waals surface area contributed by atoms with E-state index in [1.54, 1.807) is 13.8 Å². The van der Waals surface area contributed by atoms with E-state index in [0.717, 1.165) is 16.1 Å². The minimum absolute atomic E-state index is 0.207. The molecule has 0 saturated carbocycles. The van der Waals surface area contributed by atoms with Gasteiger partial charge >= 0.3 is 0 Å². The van der Waals surface area contributed by atoms with Gasteiger partial charge in [0, 0.05) is 16.7 Å². The molecule has 0 aliphatic rings. The predicted octanol–water partition coefficient (Wildman–Crippen LogP) is 1.07. The Balaban J connectivity index is 2.31. The van der Waals surface area contributed by atoms with Gasteiger partial charge in [-0.15, -0.1) is 10.2 Å². The Labute approximate surface area is 122 Å². The van der Waals surface area contributed by atoms with Crippen LogP contribution in [0.2, 0.25) is 0 Å². The summed E-state index contributed by atoms with van der Waals surface area (Å²) in [6.45, 7) is 7.51. The first-order valence-corrected chi connectivity index (χ1v) is 8.69. The van der Waals surface area contributed by atoms with E-state index >= 15 is 0 Å². The molecule has 0 spiro atoms. The molecule has 0 atom stereocenters. The number of aryl methyl sites for hydroxylation is 2. The average molecular weight is 315 g/mol. The molecule has 9 heteroatoms. The van der Waals surface area contributed by atoms with Crippen LogP contribution < -0.4 is 0 Å². The topological polar surface area (TPSA) is 90.6 Å². The third-order valence-electron chi connectivity index (χ3n) is 3.40. The third kappa shape index (κ3) is 2.59. The molecule has 2 heterocycles. The van der Waals surface area contributed by atoms with Crippen molar-refractivity contribution in [1.29, 1.82) is 0 Å². The zero-order valence-electron chi connectivity index (χ0n) is 12.1. The summed E-state index contributed by atoms with van der Waals surface area (Å²) in [5, 5.41) is 12.0. The van der Waals surface area contributed by atoms with Crippen LogP contribution in [0.5, 0.6) is 0 Å². The summed E-state index contributed by atoms with van der Waals surface area (Å²) in [7, 11) is -3.31. The highest BCUT2D eigenvalue weighted by atomic mass is 32.2. The molecule has 0 aromatic carbocycles. The smallest absolute Gasteiger partial charge is 0.195 e. The van der Waals surface area contributed by atoms with Gasteiger partial charge in [0.1, 0.15) is 4.75 Å². The first-order chi connectivity index (χ1) is 9.13. The molecule has 2 aromatic rings. The van der Waals surface area contributed by atoms with Crippen LogP contribution in [-0.2, 0) is 21.1 Å². The van der Waals surface area contributed by atoms with Gasteiger partial charge in [-0.05, 0) is 44.4 Å². The molecule has 110 valence electrons. The number of nitrogens with zero attached hydrogens (tertiary/aromatic N) is 5. The van der Waals surface area contributed by atoms with Gasteiger partial charge in [0.2, 0.25) is 0 Å². The molecule has 2 aromatic heterocycles. The first-order valence-electron chi connectivity index (χ1n) is 6.02. The van der Waals surface area contributed by atoms with E-state index in [1.807, 2.05) is 13.8 Å². The molecule has 20 heavy (non-hydrogen) atoms. The molecule has 0 bridgehead atoms. The normalized spacial score (nSPS) is 12.8. The van der Waals surface area contributed by atoms with E-state index in [0.29, 0.717) is 6.54 Å². The maximum atomic E-state index is 11.8. The van der Waals surface area contributed by atoms with E-state index in [2.05, 4.69) is 19.8 Å². The quantitative estimate of drug-likeness (QED) is 0.838. The fraction of sp³-hybridized carbons (Fsp3) is 0.636. The van der Waals surface area contributed by atoms with Gasteiger partial charge in [0.15, 0.2) is 15.7 Å². The van der Waals surface area contributed by atoms with Crippen molar-refractivity contribution in [2.24, 2.45) is 0 Å². The van der Waals surface area contributed by atoms with Gasteiger partial charge in [-0.25, -0.2) is 8.42 Å². The fourth-order valence-electron chi connectivity index (χ4n) is 1.59. The SMILES string of the molecule is Cc1nsc(C)c1Cn1nnc(C(C)(C)S(C)(=O)=O)n1. The molecule has 0 radical (unpaired) electrons. The summed E-state index contributed by atoms with van der Waals surface area (Å²) in [4.78, 5) is 2.51. The van der Waals surface area contributed by atoms with Crippen LogP contribution in [0.1, 0.15) is 35.8 Å². The van der Waals surface area contributed by atoms with Gasteiger partial charge in [0.25, 0.3) is 0 Å². The van der Waals surface area contributed by atoms with E-state index < -0.39 is 14.6 Å². The summed E-state index contributed by atoms with van der Waals surface area (Å²) in [6.07, 6.45) is 1.17. The third-order valence-corrected chi connectivity index (χ3v) is 6.32. The molecule has 0 aliphatic carbocycles. The first kappa shape index (κ1) is 15.0. The van der Waals surface area contributed by atoms with Crippen molar-refractivity contribution in [2.45, 2.75) is 39.0 Å². The molecule has 0 unspecified atom stereocenters. The Morgan fingerprint density at radius 2 is 1.95 bits per heavy atom. The largest absolute Gasteiger partial charge is 0.228 e. The molecular weight excluding hydrogens is 298 g/mol. The second kappa shape index (κ2) is 4.88. The van der Waals surface area contributed by atoms with Crippen molar-refractivity contribution < 1.29 is 8.42 Å². The molecule has 0 amide bonds. The lowest BCUT2D eigenvalue weighted by Gasteiger charge is -2.17. The number of sulfone groups is 1. The zero-order valence-corrected chi connectivity index (χ0v) is 13.7. The highest BCUT2D eigenvalue weighted by molar-refractivity contribution is 7.91. The van der Waals surface area contributed by atoms with Crippen LogP contribution in [0.3, 0.4) is 0 Å². The molecule has 0 N–H and O–H groups in total. The van der Waals surface area contributed by atoms with Crippen LogP contribution in [-0.4, -0.2) is 39.3 Å². The number of aromatic nitrogens is 5. The summed E-state index contributed by atoms with van der Waals surface area (Å²) >= 11 is 1.43. The molecule has 2 rings (SSSR count). The highest BCUT2D eigenvalue weighted by Gasteiger charge is 2.37. The standard InChI is InChI=1S/C11H17N5O2S2/c1-7-9(8(2)19-14-7)6-16-13-10(12-15-16)11(3,4)20(5,17)18/h6H2,1-5H3. The van der Waals surface area contributed by atoms with Crippen LogP contribution in [0, 0.1) is 13.8 Å². The highest BCUT2D eigenvalue weighted by Crippen LogP contribution is 2.25. The Hall–Kier alpha value is -1.35. The zero-order chi connectivity index (χ0) is 15.1. The van der Waals surface area contributed by atoms with Crippen molar-refractivity contribution in [3.63, 3.8) is 0 Å². The van der Waals surface area contributed by atoms with Gasteiger partial charge in [-0.1, -0.05) is 0 Å². The predicted molar refractivity (Wildman–Crippen MR) is 76.4 cm³/mol. The average Bonchev–Trinajstić information content (AvgIpc) is 2.90. The van der Waals surface area contributed by atoms with Gasteiger partial charge in [-0.2, -0.15) is 9.17 Å². The number of tetrazole rings is 1. The van der Waals surface area contributed by atoms with E-state index in [9.17, 15) is 8.42 Å². The van der Waals surface area contributed by atoms with Crippen molar-refractivity contribution in [3.8, 4) is 0 Å². The Bertz CT molecular complexity index is 710. The van der Waals surface area contributed by atoms with Gasteiger partial charge in [-0.3, -0.25) is 0 Å². The molecule has 7 nitrogen and oxygen atoms in total. The lowest BCUT2D eigenvalue weighted by atomic mass is 10.2. The summed E-state index contributed by atoms with van der Waals surface area (Å²) in [5.74, 6) is 0.207. The van der Waals surface area contributed by atoms with Crippen molar-refractivity contribution in [2.75, 3.05) is 6.26 Å². The molecule has 0 saturated heterocycles. The van der Waals surface area contributed by atoms with Crippen molar-refractivity contribution >= 4 is 21.4 Å². The van der Waals surface area contributed by atoms with Crippen molar-refractivity contribution in [1.82, 2.24) is 24.6 Å². The lowest BCUT2D eigenvalue weighted by Crippen LogP contribution is -2.29.